The number of aromatic nitrogens is 4. The molecule has 2 atom stereocenters. The molecule has 0 saturated carbocycles. The van der Waals surface area contributed by atoms with Crippen molar-refractivity contribution in [2.24, 2.45) is 5.92 Å². The van der Waals surface area contributed by atoms with Gasteiger partial charge in [-0.1, -0.05) is 100.0 Å². The maximum absolute atomic E-state index is 13.6. The first-order chi connectivity index (χ1) is 28.4. The molecule has 19 heteroatoms. The third-order valence-corrected chi connectivity index (χ3v) is 9.01. The summed E-state index contributed by atoms with van der Waals surface area (Å²) < 4.78 is 16.2. The fraction of sp³-hybridized carbons (Fsp3) is 0.450. The van der Waals surface area contributed by atoms with E-state index in [4.69, 9.17) is 35.0 Å². The van der Waals surface area contributed by atoms with Gasteiger partial charge in [-0.05, 0) is 71.6 Å². The van der Waals surface area contributed by atoms with E-state index in [-0.39, 0.29) is 61.4 Å². The number of nitrogens with zero attached hydrogens (tertiary/aromatic N) is 7. The number of amides is 1. The lowest BCUT2D eigenvalue weighted by molar-refractivity contribution is -0.497. The second kappa shape index (κ2) is 23.9. The van der Waals surface area contributed by atoms with Crippen molar-refractivity contribution in [3.8, 4) is 22.5 Å². The highest BCUT2D eigenvalue weighted by Crippen LogP contribution is 2.31. The number of tetrazole rings is 1. The molecule has 4 rings (SSSR count). The second-order valence-corrected chi connectivity index (χ2v) is 13.9. The van der Waals surface area contributed by atoms with Crippen molar-refractivity contribution in [1.82, 2.24) is 35.9 Å². The molecule has 1 amide bonds. The second-order valence-electron chi connectivity index (χ2n) is 13.9. The van der Waals surface area contributed by atoms with Gasteiger partial charge in [0.2, 0.25) is 18.0 Å². The van der Waals surface area contributed by atoms with Crippen molar-refractivity contribution >= 4 is 18.0 Å². The molecule has 0 aliphatic carbocycles. The van der Waals surface area contributed by atoms with Crippen molar-refractivity contribution in [2.45, 2.75) is 98.2 Å². The van der Waals surface area contributed by atoms with E-state index in [2.05, 4.69) is 25.1 Å². The average molecular weight is 824 g/mol. The number of unbranched alkanes of at least 4 members (excludes halogenated alkanes) is 3. The van der Waals surface area contributed by atoms with Gasteiger partial charge in [-0.2, -0.15) is 0 Å². The highest BCUT2D eigenvalue weighted by molar-refractivity contribution is 5.85. The van der Waals surface area contributed by atoms with Crippen LogP contribution in [-0.2, 0) is 53.2 Å². The molecule has 0 aliphatic heterocycles. The molecule has 4 aromatic rings. The monoisotopic (exact) mass is 823 g/mol. The highest BCUT2D eigenvalue weighted by Gasteiger charge is 2.33. The zero-order chi connectivity index (χ0) is 42.7. The van der Waals surface area contributed by atoms with Gasteiger partial charge in [0.25, 0.3) is 0 Å². The van der Waals surface area contributed by atoms with Crippen molar-refractivity contribution in [3.05, 3.63) is 89.5 Å². The SMILES string of the molecule is CCCCC(=O)N(Cc1ccc(-c2ccccc2-c2nnn(C(C)OC(=O)OCc3cccc(CON(O)O)c3)n2)cc1)[C@H](C(=O)OCCCCCON(O)O)C(C)C. The Hall–Kier alpha value is -5.38. The Bertz CT molecular complexity index is 1910. The third kappa shape index (κ3) is 15.1. The van der Waals surface area contributed by atoms with E-state index in [1.807, 2.05) is 69.3 Å². The lowest BCUT2D eigenvalue weighted by atomic mass is 9.97. The minimum Gasteiger partial charge on any atom is -0.464 e. The van der Waals surface area contributed by atoms with Crippen LogP contribution in [0.4, 0.5) is 4.79 Å². The first kappa shape index (κ1) is 46.3. The van der Waals surface area contributed by atoms with Crippen LogP contribution in [0.3, 0.4) is 0 Å². The summed E-state index contributed by atoms with van der Waals surface area (Å²) in [6.45, 7) is 7.57. The Labute approximate surface area is 341 Å². The molecule has 4 N–H and O–H groups in total. The van der Waals surface area contributed by atoms with Crippen LogP contribution in [0.15, 0.2) is 72.8 Å². The summed E-state index contributed by atoms with van der Waals surface area (Å²) in [5.41, 5.74) is 4.37. The van der Waals surface area contributed by atoms with Crippen LogP contribution in [0.1, 0.15) is 89.1 Å². The molecular weight excluding hydrogens is 770 g/mol. The average Bonchev–Trinajstić information content (AvgIpc) is 3.72. The summed E-state index contributed by atoms with van der Waals surface area (Å²) in [6, 6.07) is 21.1. The summed E-state index contributed by atoms with van der Waals surface area (Å²) in [7, 11) is 0. The first-order valence-electron chi connectivity index (χ1n) is 19.3. The zero-order valence-electron chi connectivity index (χ0n) is 33.6. The molecule has 0 aliphatic rings. The van der Waals surface area contributed by atoms with Crippen molar-refractivity contribution in [3.63, 3.8) is 0 Å². The summed E-state index contributed by atoms with van der Waals surface area (Å²) in [5, 5.41) is 46.9. The topological polar surface area (TPSA) is 232 Å². The standard InChI is InChI=1S/C40H53N7O12/c1-5-6-17-36(48)44(37(28(2)3)39(49)55-22-10-7-11-23-57-46(51)52)25-30-18-20-33(21-19-30)34-15-8-9-16-35(34)38-41-43-45(42-38)29(4)59-40(50)56-26-31-13-12-14-32(24-31)27-58-47(53)54/h8-9,12-16,18-21,24,28-29,37,51-54H,5-7,10-11,17,22-23,25-27H2,1-4H3/t29?,37-/m0/s1. The van der Waals surface area contributed by atoms with E-state index in [1.165, 1.54) is 0 Å². The molecule has 3 aromatic carbocycles. The van der Waals surface area contributed by atoms with Gasteiger partial charge in [0.1, 0.15) is 12.6 Å². The lowest BCUT2D eigenvalue weighted by Gasteiger charge is -2.33. The molecule has 0 radical (unpaired) electrons. The summed E-state index contributed by atoms with van der Waals surface area (Å²) in [4.78, 5) is 51.4. The maximum Gasteiger partial charge on any atom is 0.510 e. The zero-order valence-corrected chi connectivity index (χ0v) is 33.6. The van der Waals surface area contributed by atoms with Gasteiger partial charge in [0.05, 0.1) is 30.6 Å². The van der Waals surface area contributed by atoms with Crippen molar-refractivity contribution in [1.29, 1.82) is 0 Å². The van der Waals surface area contributed by atoms with Gasteiger partial charge in [-0.3, -0.25) is 30.5 Å². The number of carbonyl (C=O) groups is 3. The largest absolute Gasteiger partial charge is 0.510 e. The number of carbonyl (C=O) groups excluding carboxylic acids is 3. The minimum absolute atomic E-state index is 0.102. The van der Waals surface area contributed by atoms with Crippen LogP contribution < -0.4 is 0 Å². The van der Waals surface area contributed by atoms with Crippen LogP contribution in [-0.4, -0.2) is 94.0 Å². The molecule has 0 fully saturated rings. The Morgan fingerprint density at radius 2 is 1.42 bits per heavy atom. The molecule has 59 heavy (non-hydrogen) atoms. The molecule has 1 unspecified atom stereocenters. The van der Waals surface area contributed by atoms with Gasteiger partial charge >= 0.3 is 12.1 Å². The molecular formula is C40H53N7O12. The Kier molecular flexibility index (Phi) is 18.7. The molecule has 0 bridgehead atoms. The molecule has 1 heterocycles. The predicted octanol–water partition coefficient (Wildman–Crippen LogP) is 6.66. The first-order valence-corrected chi connectivity index (χ1v) is 19.3. The normalized spacial score (nSPS) is 12.5. The van der Waals surface area contributed by atoms with Gasteiger partial charge in [-0.25, -0.2) is 14.4 Å². The van der Waals surface area contributed by atoms with Gasteiger partial charge in [0.15, 0.2) is 0 Å². The fourth-order valence-corrected chi connectivity index (χ4v) is 6.07. The molecule has 19 nitrogen and oxygen atoms in total. The minimum atomic E-state index is -0.962. The summed E-state index contributed by atoms with van der Waals surface area (Å²) >= 11 is 0. The van der Waals surface area contributed by atoms with E-state index in [1.54, 1.807) is 36.1 Å². The third-order valence-electron chi connectivity index (χ3n) is 9.01. The van der Waals surface area contributed by atoms with E-state index < -0.39 is 24.4 Å². The van der Waals surface area contributed by atoms with E-state index >= 15 is 0 Å². The number of benzene rings is 3. The highest BCUT2D eigenvalue weighted by atomic mass is 17.1. The molecule has 0 saturated heterocycles. The van der Waals surface area contributed by atoms with Crippen LogP contribution in [0, 0.1) is 5.92 Å². The number of rotatable bonds is 24. The lowest BCUT2D eigenvalue weighted by Crippen LogP contribution is -2.48. The number of hydrogen-bond acceptors (Lipinski definition) is 17. The van der Waals surface area contributed by atoms with Crippen LogP contribution >= 0.6 is 0 Å². The van der Waals surface area contributed by atoms with Crippen LogP contribution in [0.25, 0.3) is 22.5 Å². The number of hydrogen-bond donors (Lipinski definition) is 4. The van der Waals surface area contributed by atoms with Crippen LogP contribution in [0.2, 0.25) is 0 Å². The van der Waals surface area contributed by atoms with Gasteiger partial charge in [0, 0.05) is 18.5 Å². The molecule has 320 valence electrons. The smallest absolute Gasteiger partial charge is 0.464 e. The van der Waals surface area contributed by atoms with Crippen molar-refractivity contribution < 1.29 is 59.1 Å². The molecule has 0 spiro atoms. The van der Waals surface area contributed by atoms with Crippen molar-refractivity contribution in [2.75, 3.05) is 13.2 Å². The van der Waals surface area contributed by atoms with E-state index in [0.717, 1.165) is 27.9 Å². The predicted molar refractivity (Wildman–Crippen MR) is 206 cm³/mol. The quantitative estimate of drug-likeness (QED) is 0.0329. The van der Waals surface area contributed by atoms with Gasteiger partial charge in [-0.15, -0.1) is 15.0 Å². The number of ether oxygens (including phenoxy) is 3. The van der Waals surface area contributed by atoms with Crippen LogP contribution in [0.5, 0.6) is 0 Å². The Morgan fingerprint density at radius 1 is 0.746 bits per heavy atom. The summed E-state index contributed by atoms with van der Waals surface area (Å²) in [6.07, 6.45) is 1.60. The van der Waals surface area contributed by atoms with Gasteiger partial charge < -0.3 is 19.1 Å². The fourth-order valence-electron chi connectivity index (χ4n) is 6.07. The Morgan fingerprint density at radius 3 is 2.10 bits per heavy atom. The summed E-state index contributed by atoms with van der Waals surface area (Å²) in [5.74, 6) is -0.540. The van der Waals surface area contributed by atoms with E-state index in [0.29, 0.717) is 48.8 Å². The van der Waals surface area contributed by atoms with E-state index in [9.17, 15) is 14.4 Å². The number of esters is 1. The Balaban J connectivity index is 1.41. The maximum atomic E-state index is 13.6. The molecule has 1 aromatic heterocycles.